The van der Waals surface area contributed by atoms with Crippen LogP contribution in [0.2, 0.25) is 0 Å². The lowest BCUT2D eigenvalue weighted by Crippen LogP contribution is -2.18. The molecule has 0 spiro atoms. The lowest BCUT2D eigenvalue weighted by molar-refractivity contribution is 0.0607. The van der Waals surface area contributed by atoms with Crippen LogP contribution in [0.25, 0.3) is 0 Å². The zero-order valence-electron chi connectivity index (χ0n) is 11.9. The Morgan fingerprint density at radius 3 is 2.86 bits per heavy atom. The molecular formula is C15H16N2O3S. The zero-order chi connectivity index (χ0) is 15.0. The summed E-state index contributed by atoms with van der Waals surface area (Å²) in [7, 11) is 1.33. The molecule has 21 heavy (non-hydrogen) atoms. The molecule has 1 amide bonds. The molecule has 1 aliphatic carbocycles. The van der Waals surface area contributed by atoms with Gasteiger partial charge in [0.2, 0.25) is 0 Å². The standard InChI is InChI=1S/C15H16N2O3S/c1-9-8-21-13(15(19)20-2)12(9)16-14(18)11-4-3-7-17(11)10-5-6-10/h3-4,7-8,10H,5-6H2,1-2H3,(H,16,18). The first-order chi connectivity index (χ1) is 10.1. The van der Waals surface area contributed by atoms with Crippen LogP contribution in [0.5, 0.6) is 0 Å². The highest BCUT2D eigenvalue weighted by Gasteiger charge is 2.27. The molecule has 0 bridgehead atoms. The number of nitrogens with one attached hydrogen (secondary N) is 1. The summed E-state index contributed by atoms with van der Waals surface area (Å²) in [5.41, 5.74) is 2.03. The number of anilines is 1. The number of esters is 1. The minimum Gasteiger partial charge on any atom is -0.465 e. The van der Waals surface area contributed by atoms with E-state index in [1.165, 1.54) is 18.4 Å². The van der Waals surface area contributed by atoms with Crippen LogP contribution in [0, 0.1) is 6.92 Å². The summed E-state index contributed by atoms with van der Waals surface area (Å²) in [5.74, 6) is -0.625. The van der Waals surface area contributed by atoms with Gasteiger partial charge in [-0.25, -0.2) is 4.79 Å². The van der Waals surface area contributed by atoms with Crippen LogP contribution >= 0.6 is 11.3 Å². The van der Waals surface area contributed by atoms with Crippen LogP contribution in [0.4, 0.5) is 5.69 Å². The quantitative estimate of drug-likeness (QED) is 0.882. The summed E-state index contributed by atoms with van der Waals surface area (Å²) >= 11 is 1.27. The van der Waals surface area contributed by atoms with Crippen molar-refractivity contribution in [2.75, 3.05) is 12.4 Å². The van der Waals surface area contributed by atoms with Crippen LogP contribution in [0.3, 0.4) is 0 Å². The van der Waals surface area contributed by atoms with Crippen LogP contribution in [0.1, 0.15) is 44.6 Å². The molecule has 0 aromatic carbocycles. The first-order valence-corrected chi connectivity index (χ1v) is 7.64. The van der Waals surface area contributed by atoms with Gasteiger partial charge in [-0.1, -0.05) is 0 Å². The molecule has 110 valence electrons. The second kappa shape index (κ2) is 5.37. The van der Waals surface area contributed by atoms with E-state index in [0.717, 1.165) is 18.4 Å². The SMILES string of the molecule is COC(=O)c1scc(C)c1NC(=O)c1cccn1C1CC1. The number of hydrogen-bond donors (Lipinski definition) is 1. The molecule has 1 fully saturated rings. The summed E-state index contributed by atoms with van der Waals surface area (Å²) in [6.45, 7) is 1.86. The van der Waals surface area contributed by atoms with Crippen LogP contribution in [-0.4, -0.2) is 23.6 Å². The first-order valence-electron chi connectivity index (χ1n) is 6.76. The summed E-state index contributed by atoms with van der Waals surface area (Å²) in [5, 5.41) is 4.68. The van der Waals surface area contributed by atoms with Crippen molar-refractivity contribution in [2.45, 2.75) is 25.8 Å². The highest BCUT2D eigenvalue weighted by molar-refractivity contribution is 7.12. The van der Waals surface area contributed by atoms with Crippen molar-refractivity contribution >= 4 is 28.9 Å². The molecule has 1 aliphatic rings. The molecule has 0 aliphatic heterocycles. The Balaban J connectivity index is 1.86. The number of rotatable bonds is 4. The van der Waals surface area contributed by atoms with E-state index < -0.39 is 5.97 Å². The molecular weight excluding hydrogens is 288 g/mol. The third-order valence-corrected chi connectivity index (χ3v) is 4.61. The molecule has 1 N–H and O–H groups in total. The number of nitrogens with zero attached hydrogens (tertiary/aromatic N) is 1. The van der Waals surface area contributed by atoms with Crippen molar-refractivity contribution < 1.29 is 14.3 Å². The zero-order valence-corrected chi connectivity index (χ0v) is 12.7. The monoisotopic (exact) mass is 304 g/mol. The van der Waals surface area contributed by atoms with Gasteiger partial charge in [-0.3, -0.25) is 4.79 Å². The predicted octanol–water partition coefficient (Wildman–Crippen LogP) is 3.23. The summed E-state index contributed by atoms with van der Waals surface area (Å²) < 4.78 is 6.74. The number of aromatic nitrogens is 1. The van der Waals surface area contributed by atoms with E-state index in [-0.39, 0.29) is 5.91 Å². The summed E-state index contributed by atoms with van der Waals surface area (Å²) in [4.78, 5) is 24.6. The number of carbonyl (C=O) groups is 2. The maximum atomic E-state index is 12.5. The minimum atomic E-state index is -0.430. The molecule has 5 nitrogen and oxygen atoms in total. The molecule has 0 unspecified atom stereocenters. The smallest absolute Gasteiger partial charge is 0.350 e. The number of carbonyl (C=O) groups excluding carboxylic acids is 2. The van der Waals surface area contributed by atoms with Gasteiger partial charge in [-0.2, -0.15) is 0 Å². The van der Waals surface area contributed by atoms with E-state index in [4.69, 9.17) is 4.74 Å². The van der Waals surface area contributed by atoms with Crippen molar-refractivity contribution in [3.05, 3.63) is 39.8 Å². The molecule has 6 heteroatoms. The fraction of sp³-hybridized carbons (Fsp3) is 0.333. The third kappa shape index (κ3) is 2.58. The van der Waals surface area contributed by atoms with Gasteiger partial charge in [0.25, 0.3) is 5.91 Å². The van der Waals surface area contributed by atoms with Crippen molar-refractivity contribution in [1.29, 1.82) is 0 Å². The number of thiophene rings is 1. The van der Waals surface area contributed by atoms with E-state index in [9.17, 15) is 9.59 Å². The molecule has 0 saturated heterocycles. The number of ether oxygens (including phenoxy) is 1. The van der Waals surface area contributed by atoms with E-state index >= 15 is 0 Å². The Morgan fingerprint density at radius 1 is 1.43 bits per heavy atom. The predicted molar refractivity (Wildman–Crippen MR) is 81.1 cm³/mol. The average molecular weight is 304 g/mol. The Morgan fingerprint density at radius 2 is 2.19 bits per heavy atom. The van der Waals surface area contributed by atoms with Crippen molar-refractivity contribution in [3.63, 3.8) is 0 Å². The normalized spacial score (nSPS) is 14.0. The number of methoxy groups -OCH3 is 1. The average Bonchev–Trinajstić information content (AvgIpc) is 3.10. The Hall–Kier alpha value is -2.08. The number of aryl methyl sites for hydroxylation is 1. The third-order valence-electron chi connectivity index (χ3n) is 3.54. The topological polar surface area (TPSA) is 60.3 Å². The summed E-state index contributed by atoms with van der Waals surface area (Å²) in [6.07, 6.45) is 4.15. The van der Waals surface area contributed by atoms with Crippen molar-refractivity contribution in [3.8, 4) is 0 Å². The minimum absolute atomic E-state index is 0.196. The van der Waals surface area contributed by atoms with Crippen molar-refractivity contribution in [2.24, 2.45) is 0 Å². The molecule has 2 aromatic heterocycles. The summed E-state index contributed by atoms with van der Waals surface area (Å²) in [6, 6.07) is 4.10. The van der Waals surface area contributed by atoms with Gasteiger partial charge < -0.3 is 14.6 Å². The second-order valence-electron chi connectivity index (χ2n) is 5.10. The van der Waals surface area contributed by atoms with Gasteiger partial charge in [-0.05, 0) is 42.8 Å². The van der Waals surface area contributed by atoms with Crippen molar-refractivity contribution in [1.82, 2.24) is 4.57 Å². The van der Waals surface area contributed by atoms with Crippen LogP contribution in [0.15, 0.2) is 23.7 Å². The number of hydrogen-bond acceptors (Lipinski definition) is 4. The fourth-order valence-corrected chi connectivity index (χ4v) is 3.20. The maximum Gasteiger partial charge on any atom is 0.350 e. The van der Waals surface area contributed by atoms with Gasteiger partial charge in [-0.15, -0.1) is 11.3 Å². The van der Waals surface area contributed by atoms with E-state index in [1.54, 1.807) is 6.07 Å². The van der Waals surface area contributed by atoms with Gasteiger partial charge >= 0.3 is 5.97 Å². The molecule has 3 rings (SSSR count). The van der Waals surface area contributed by atoms with Gasteiger partial charge in [0, 0.05) is 12.2 Å². The highest BCUT2D eigenvalue weighted by Crippen LogP contribution is 2.36. The van der Waals surface area contributed by atoms with Crippen LogP contribution in [-0.2, 0) is 4.74 Å². The molecule has 2 aromatic rings. The lowest BCUT2D eigenvalue weighted by Gasteiger charge is -2.10. The number of amides is 1. The first kappa shape index (κ1) is 13.9. The van der Waals surface area contributed by atoms with Gasteiger partial charge in [0.1, 0.15) is 10.6 Å². The van der Waals surface area contributed by atoms with E-state index in [0.29, 0.717) is 22.3 Å². The largest absolute Gasteiger partial charge is 0.465 e. The second-order valence-corrected chi connectivity index (χ2v) is 5.98. The molecule has 0 atom stereocenters. The molecule has 0 radical (unpaired) electrons. The van der Waals surface area contributed by atoms with Gasteiger partial charge in [0.05, 0.1) is 12.8 Å². The highest BCUT2D eigenvalue weighted by atomic mass is 32.1. The Bertz CT molecular complexity index is 698. The fourth-order valence-electron chi connectivity index (χ4n) is 2.28. The van der Waals surface area contributed by atoms with E-state index in [2.05, 4.69) is 5.32 Å². The van der Waals surface area contributed by atoms with Gasteiger partial charge in [0.15, 0.2) is 0 Å². The Kier molecular flexibility index (Phi) is 3.55. The van der Waals surface area contributed by atoms with Crippen LogP contribution < -0.4 is 5.32 Å². The lowest BCUT2D eigenvalue weighted by atomic mass is 10.2. The maximum absolute atomic E-state index is 12.5. The molecule has 2 heterocycles. The van der Waals surface area contributed by atoms with E-state index in [1.807, 2.05) is 29.1 Å². The Labute approximate surface area is 126 Å². The molecule has 1 saturated carbocycles.